The number of benzene rings is 2. The van der Waals surface area contributed by atoms with E-state index < -0.39 is 29.5 Å². The van der Waals surface area contributed by atoms with Gasteiger partial charge in [0.15, 0.2) is 0 Å². The maximum absolute atomic E-state index is 13.6. The molecule has 8 nitrogen and oxygen atoms in total. The Morgan fingerprint density at radius 2 is 1.64 bits per heavy atom. The summed E-state index contributed by atoms with van der Waals surface area (Å²) in [6.45, 7) is 6.90. The van der Waals surface area contributed by atoms with Gasteiger partial charge in [0.2, 0.25) is 5.56 Å². The van der Waals surface area contributed by atoms with E-state index in [1.54, 1.807) is 83.4 Å². The first-order chi connectivity index (χ1) is 20.6. The largest absolute Gasteiger partial charge is 0.444 e. The SMILES string of the molecule is C[C@@H](NC(=O)c1ccnc(-c2ccc(=O)n(C)c2)c1)c1ccc(-c2cc(C(F)(F)F)ccc2CNC(=O)OC(C)(C)C)cc1. The highest BCUT2D eigenvalue weighted by Crippen LogP contribution is 2.34. The van der Waals surface area contributed by atoms with Crippen LogP contribution in [0.1, 0.15) is 60.8 Å². The Kier molecular flexibility index (Phi) is 9.27. The van der Waals surface area contributed by atoms with Gasteiger partial charge < -0.3 is 19.9 Å². The van der Waals surface area contributed by atoms with Gasteiger partial charge in [-0.1, -0.05) is 30.3 Å². The van der Waals surface area contributed by atoms with Crippen molar-refractivity contribution in [1.82, 2.24) is 20.2 Å². The lowest BCUT2D eigenvalue weighted by Gasteiger charge is -2.20. The van der Waals surface area contributed by atoms with Crippen molar-refractivity contribution in [2.75, 3.05) is 0 Å². The van der Waals surface area contributed by atoms with E-state index in [-0.39, 0.29) is 18.0 Å². The minimum atomic E-state index is -4.55. The standard InChI is InChI=1S/C33H33F3N4O4/c1-20(39-30(42)23-14-15-37-28(16-23)25-11-13-29(41)40(5)19-25)21-6-8-22(9-7-21)27-17-26(33(34,35)36)12-10-24(27)18-38-31(43)44-32(2,3)4/h6-17,19-20H,18H2,1-5H3,(H,38,43)(H,39,42)/t20-/m1/s1. The number of rotatable bonds is 7. The first-order valence-corrected chi connectivity index (χ1v) is 13.8. The number of carbonyl (C=O) groups excluding carboxylic acids is 2. The molecule has 2 aromatic heterocycles. The lowest BCUT2D eigenvalue weighted by Crippen LogP contribution is -2.32. The molecule has 0 saturated heterocycles. The van der Waals surface area contributed by atoms with Crippen molar-refractivity contribution in [2.24, 2.45) is 7.05 Å². The zero-order valence-corrected chi connectivity index (χ0v) is 25.0. The molecule has 2 amide bonds. The van der Waals surface area contributed by atoms with Gasteiger partial charge in [-0.15, -0.1) is 0 Å². The van der Waals surface area contributed by atoms with Crippen molar-refractivity contribution < 1.29 is 27.5 Å². The Morgan fingerprint density at radius 3 is 2.27 bits per heavy atom. The fraction of sp³-hybridized carbons (Fsp3) is 0.273. The lowest BCUT2D eigenvalue weighted by atomic mass is 9.95. The van der Waals surface area contributed by atoms with Crippen LogP contribution < -0.4 is 16.2 Å². The summed E-state index contributed by atoms with van der Waals surface area (Å²) in [6.07, 6.45) is -2.08. The minimum Gasteiger partial charge on any atom is -0.444 e. The van der Waals surface area contributed by atoms with Crippen LogP contribution in [0.2, 0.25) is 0 Å². The summed E-state index contributed by atoms with van der Waals surface area (Å²) in [4.78, 5) is 41.3. The third-order valence-electron chi connectivity index (χ3n) is 6.73. The van der Waals surface area contributed by atoms with Crippen LogP contribution in [0, 0.1) is 0 Å². The predicted octanol–water partition coefficient (Wildman–Crippen LogP) is 6.65. The number of aryl methyl sites for hydroxylation is 1. The zero-order chi connectivity index (χ0) is 32.2. The summed E-state index contributed by atoms with van der Waals surface area (Å²) < 4.78 is 47.3. The molecule has 230 valence electrons. The summed E-state index contributed by atoms with van der Waals surface area (Å²) >= 11 is 0. The van der Waals surface area contributed by atoms with Crippen molar-refractivity contribution in [3.63, 3.8) is 0 Å². The number of hydrogen-bond acceptors (Lipinski definition) is 5. The molecule has 0 aliphatic rings. The number of halogens is 3. The Hall–Kier alpha value is -4.93. The van der Waals surface area contributed by atoms with Gasteiger partial charge in [0.1, 0.15) is 5.60 Å². The van der Waals surface area contributed by atoms with Crippen molar-refractivity contribution in [2.45, 2.75) is 52.1 Å². The molecule has 0 bridgehead atoms. The van der Waals surface area contributed by atoms with Crippen molar-refractivity contribution in [3.8, 4) is 22.4 Å². The van der Waals surface area contributed by atoms with Crippen LogP contribution in [-0.4, -0.2) is 27.2 Å². The molecular weight excluding hydrogens is 573 g/mol. The predicted molar refractivity (Wildman–Crippen MR) is 161 cm³/mol. The van der Waals surface area contributed by atoms with Crippen LogP contribution in [0.3, 0.4) is 0 Å². The normalized spacial score (nSPS) is 12.4. The van der Waals surface area contributed by atoms with E-state index in [9.17, 15) is 27.6 Å². The lowest BCUT2D eigenvalue weighted by molar-refractivity contribution is -0.137. The number of hydrogen-bond donors (Lipinski definition) is 2. The molecule has 0 radical (unpaired) electrons. The second kappa shape index (κ2) is 12.7. The van der Waals surface area contributed by atoms with Crippen LogP contribution in [0.15, 0.2) is 83.9 Å². The van der Waals surface area contributed by atoms with Gasteiger partial charge in [0, 0.05) is 43.2 Å². The number of pyridine rings is 2. The summed E-state index contributed by atoms with van der Waals surface area (Å²) in [6, 6.07) is 16.0. The number of ether oxygens (including phenoxy) is 1. The second-order valence-electron chi connectivity index (χ2n) is 11.3. The van der Waals surface area contributed by atoms with E-state index in [0.29, 0.717) is 33.5 Å². The first kappa shape index (κ1) is 32.0. The van der Waals surface area contributed by atoms with E-state index in [4.69, 9.17) is 4.74 Å². The quantitative estimate of drug-likeness (QED) is 0.245. The summed E-state index contributed by atoms with van der Waals surface area (Å²) in [5.41, 5.74) is 1.91. The Morgan fingerprint density at radius 1 is 0.955 bits per heavy atom. The molecule has 11 heteroatoms. The van der Waals surface area contributed by atoms with E-state index in [2.05, 4.69) is 15.6 Å². The molecule has 2 aromatic carbocycles. The number of alkyl carbamates (subject to hydrolysis) is 1. The van der Waals surface area contributed by atoms with Crippen LogP contribution in [-0.2, 0) is 24.5 Å². The van der Waals surface area contributed by atoms with Gasteiger partial charge in [-0.25, -0.2) is 4.79 Å². The van der Waals surface area contributed by atoms with E-state index in [1.807, 2.05) is 0 Å². The van der Waals surface area contributed by atoms with Gasteiger partial charge in [0.25, 0.3) is 5.91 Å². The molecule has 0 aliphatic heterocycles. The Labute approximate surface area is 252 Å². The third kappa shape index (κ3) is 8.12. The number of aromatic nitrogens is 2. The number of amides is 2. The van der Waals surface area contributed by atoms with Crippen molar-refractivity contribution in [3.05, 3.63) is 112 Å². The average molecular weight is 607 g/mol. The van der Waals surface area contributed by atoms with Crippen molar-refractivity contribution >= 4 is 12.0 Å². The highest BCUT2D eigenvalue weighted by molar-refractivity contribution is 5.95. The second-order valence-corrected chi connectivity index (χ2v) is 11.3. The van der Waals surface area contributed by atoms with Crippen LogP contribution >= 0.6 is 0 Å². The molecule has 0 spiro atoms. The summed E-state index contributed by atoms with van der Waals surface area (Å²) in [5, 5.41) is 5.53. The molecule has 2 N–H and O–H groups in total. The molecule has 44 heavy (non-hydrogen) atoms. The number of nitrogens with zero attached hydrogens (tertiary/aromatic N) is 2. The molecule has 0 unspecified atom stereocenters. The molecule has 1 atom stereocenters. The summed E-state index contributed by atoms with van der Waals surface area (Å²) in [7, 11) is 1.63. The minimum absolute atomic E-state index is 0.0379. The molecule has 4 rings (SSSR count). The Balaban J connectivity index is 1.52. The smallest absolute Gasteiger partial charge is 0.416 e. The highest BCUT2D eigenvalue weighted by Gasteiger charge is 2.31. The number of nitrogens with one attached hydrogen (secondary N) is 2. The molecule has 4 aromatic rings. The topological polar surface area (TPSA) is 102 Å². The van der Waals surface area contributed by atoms with Crippen LogP contribution in [0.5, 0.6) is 0 Å². The number of alkyl halides is 3. The Bertz CT molecular complexity index is 1720. The van der Waals surface area contributed by atoms with Gasteiger partial charge in [0.05, 0.1) is 17.3 Å². The highest BCUT2D eigenvalue weighted by atomic mass is 19.4. The van der Waals surface area contributed by atoms with E-state index in [0.717, 1.165) is 17.7 Å². The van der Waals surface area contributed by atoms with E-state index >= 15 is 0 Å². The number of carbonyl (C=O) groups is 2. The maximum atomic E-state index is 13.6. The molecule has 0 fully saturated rings. The maximum Gasteiger partial charge on any atom is 0.416 e. The fourth-order valence-corrected chi connectivity index (χ4v) is 4.45. The third-order valence-corrected chi connectivity index (χ3v) is 6.73. The molecular formula is C33H33F3N4O4. The monoisotopic (exact) mass is 606 g/mol. The summed E-state index contributed by atoms with van der Waals surface area (Å²) in [5.74, 6) is -0.344. The fourth-order valence-electron chi connectivity index (χ4n) is 4.45. The van der Waals surface area contributed by atoms with E-state index in [1.165, 1.54) is 22.9 Å². The average Bonchev–Trinajstić information content (AvgIpc) is 2.96. The van der Waals surface area contributed by atoms with Crippen LogP contribution in [0.25, 0.3) is 22.4 Å². The van der Waals surface area contributed by atoms with Gasteiger partial charge in [-0.2, -0.15) is 13.2 Å². The van der Waals surface area contributed by atoms with Crippen LogP contribution in [0.4, 0.5) is 18.0 Å². The first-order valence-electron chi connectivity index (χ1n) is 13.8. The molecule has 2 heterocycles. The van der Waals surface area contributed by atoms with Gasteiger partial charge in [-0.05, 0) is 80.3 Å². The van der Waals surface area contributed by atoms with Gasteiger partial charge in [-0.3, -0.25) is 14.6 Å². The molecule has 0 aliphatic carbocycles. The van der Waals surface area contributed by atoms with Gasteiger partial charge >= 0.3 is 12.3 Å². The molecule has 0 saturated carbocycles. The van der Waals surface area contributed by atoms with Crippen molar-refractivity contribution in [1.29, 1.82) is 0 Å². The zero-order valence-electron chi connectivity index (χ0n) is 25.0.